The Morgan fingerprint density at radius 2 is 2.23 bits per heavy atom. The molecule has 0 saturated carbocycles. The second-order valence-electron chi connectivity index (χ2n) is 6.18. The number of piperidine rings is 2. The van der Waals surface area contributed by atoms with Crippen LogP contribution in [0.5, 0.6) is 0 Å². The van der Waals surface area contributed by atoms with E-state index in [4.69, 9.17) is 4.42 Å². The molecule has 2 aliphatic rings. The lowest BCUT2D eigenvalue weighted by Crippen LogP contribution is -2.63. The number of rotatable bonds is 3. The number of likely N-dealkylation sites (tertiary alicyclic amines) is 2. The number of amides is 2. The van der Waals surface area contributed by atoms with E-state index in [1.165, 1.54) is 6.26 Å². The molecule has 2 fully saturated rings. The zero-order chi connectivity index (χ0) is 15.6. The predicted octanol–water partition coefficient (Wildman–Crippen LogP) is 2.45. The Balaban J connectivity index is 1.82. The molecule has 22 heavy (non-hydrogen) atoms. The lowest BCUT2D eigenvalue weighted by atomic mass is 9.79. The molecular formula is C17H22N2O3. The quantitative estimate of drug-likeness (QED) is 0.806. The van der Waals surface area contributed by atoms with Crippen molar-refractivity contribution < 1.29 is 14.0 Å². The maximum Gasteiger partial charge on any atom is 0.289 e. The molecule has 2 saturated heterocycles. The van der Waals surface area contributed by atoms with Crippen LogP contribution in [0.4, 0.5) is 0 Å². The molecule has 3 heterocycles. The van der Waals surface area contributed by atoms with Crippen LogP contribution in [0.25, 0.3) is 0 Å². The molecule has 5 heteroatoms. The molecule has 0 bridgehead atoms. The van der Waals surface area contributed by atoms with E-state index >= 15 is 0 Å². The molecular weight excluding hydrogens is 280 g/mol. The molecule has 0 aliphatic carbocycles. The first-order valence-corrected chi connectivity index (χ1v) is 7.90. The fraction of sp³-hybridized carbons (Fsp3) is 0.529. The van der Waals surface area contributed by atoms with E-state index in [1.54, 1.807) is 18.2 Å². The highest BCUT2D eigenvalue weighted by Gasteiger charge is 2.45. The molecule has 5 nitrogen and oxygen atoms in total. The van der Waals surface area contributed by atoms with Crippen molar-refractivity contribution in [1.29, 1.82) is 0 Å². The van der Waals surface area contributed by atoms with Gasteiger partial charge in [0, 0.05) is 26.1 Å². The molecule has 2 amide bonds. The number of carbonyl (C=O) groups is 2. The lowest BCUT2D eigenvalue weighted by molar-refractivity contribution is -0.143. The van der Waals surface area contributed by atoms with Crippen LogP contribution in [0, 0.1) is 0 Å². The van der Waals surface area contributed by atoms with Crippen LogP contribution in [0.3, 0.4) is 0 Å². The molecule has 1 aromatic rings. The molecule has 3 rings (SSSR count). The number of furan rings is 1. The standard InChI is InChI=1S/C17H22N2O3/c1-2-10-19-15(20)7-3-8-17(19)9-5-11-18(13-17)16(21)14-6-4-12-22-14/h2,4,6,12H,1,3,5,7-11,13H2. The summed E-state index contributed by atoms with van der Waals surface area (Å²) in [6, 6.07) is 3.41. The molecule has 0 radical (unpaired) electrons. The van der Waals surface area contributed by atoms with Gasteiger partial charge in [-0.3, -0.25) is 9.59 Å². The second kappa shape index (κ2) is 5.99. The number of carbonyl (C=O) groups excluding carboxylic acids is 2. The van der Waals surface area contributed by atoms with Gasteiger partial charge in [0.15, 0.2) is 5.76 Å². The average molecular weight is 302 g/mol. The Hall–Kier alpha value is -2.04. The summed E-state index contributed by atoms with van der Waals surface area (Å²) in [5, 5.41) is 0. The highest BCUT2D eigenvalue weighted by molar-refractivity contribution is 5.91. The van der Waals surface area contributed by atoms with Crippen molar-refractivity contribution in [2.24, 2.45) is 0 Å². The first kappa shape index (κ1) is 14.9. The number of hydrogen-bond acceptors (Lipinski definition) is 3. The monoisotopic (exact) mass is 302 g/mol. The molecule has 1 unspecified atom stereocenters. The summed E-state index contributed by atoms with van der Waals surface area (Å²) in [5.74, 6) is 0.466. The van der Waals surface area contributed by atoms with Gasteiger partial charge in [-0.1, -0.05) is 6.08 Å². The summed E-state index contributed by atoms with van der Waals surface area (Å²) in [6.07, 6.45) is 7.60. The van der Waals surface area contributed by atoms with Gasteiger partial charge in [0.1, 0.15) is 0 Å². The third kappa shape index (κ3) is 2.56. The fourth-order valence-electron chi connectivity index (χ4n) is 3.79. The minimum atomic E-state index is -0.232. The molecule has 118 valence electrons. The largest absolute Gasteiger partial charge is 0.459 e. The first-order valence-electron chi connectivity index (χ1n) is 7.90. The summed E-state index contributed by atoms with van der Waals surface area (Å²) in [6.45, 7) is 5.64. The Bertz CT molecular complexity index is 562. The van der Waals surface area contributed by atoms with Crippen LogP contribution in [0.15, 0.2) is 35.5 Å². The normalized spacial score (nSPS) is 25.5. The molecule has 0 aromatic carbocycles. The van der Waals surface area contributed by atoms with Crippen molar-refractivity contribution in [3.63, 3.8) is 0 Å². The van der Waals surface area contributed by atoms with E-state index in [0.29, 0.717) is 25.3 Å². The Morgan fingerprint density at radius 3 is 2.95 bits per heavy atom. The van der Waals surface area contributed by atoms with Gasteiger partial charge in [-0.05, 0) is 37.8 Å². The number of hydrogen-bond donors (Lipinski definition) is 0. The zero-order valence-corrected chi connectivity index (χ0v) is 12.8. The van der Waals surface area contributed by atoms with E-state index < -0.39 is 0 Å². The van der Waals surface area contributed by atoms with E-state index in [0.717, 1.165) is 32.2 Å². The third-order valence-corrected chi connectivity index (χ3v) is 4.79. The first-order chi connectivity index (χ1) is 10.7. The maximum absolute atomic E-state index is 12.5. The third-order valence-electron chi connectivity index (χ3n) is 4.79. The van der Waals surface area contributed by atoms with Crippen molar-refractivity contribution in [1.82, 2.24) is 9.80 Å². The van der Waals surface area contributed by atoms with Crippen molar-refractivity contribution in [3.8, 4) is 0 Å². The minimum absolute atomic E-state index is 0.0827. The number of nitrogens with zero attached hydrogens (tertiary/aromatic N) is 2. The Morgan fingerprint density at radius 1 is 1.41 bits per heavy atom. The lowest BCUT2D eigenvalue weighted by Gasteiger charge is -2.51. The molecule has 1 aromatic heterocycles. The van der Waals surface area contributed by atoms with Gasteiger partial charge in [-0.25, -0.2) is 0 Å². The summed E-state index contributed by atoms with van der Waals surface area (Å²) < 4.78 is 5.23. The van der Waals surface area contributed by atoms with Gasteiger partial charge >= 0.3 is 0 Å². The minimum Gasteiger partial charge on any atom is -0.459 e. The Labute approximate surface area is 130 Å². The van der Waals surface area contributed by atoms with Crippen molar-refractivity contribution in [3.05, 3.63) is 36.8 Å². The average Bonchev–Trinajstić information content (AvgIpc) is 3.05. The maximum atomic E-state index is 12.5. The van der Waals surface area contributed by atoms with Gasteiger partial charge in [-0.15, -0.1) is 6.58 Å². The van der Waals surface area contributed by atoms with Crippen LogP contribution in [-0.2, 0) is 4.79 Å². The Kier molecular flexibility index (Phi) is 4.05. The summed E-state index contributed by atoms with van der Waals surface area (Å²) >= 11 is 0. The summed E-state index contributed by atoms with van der Waals surface area (Å²) in [5.41, 5.74) is -0.232. The molecule has 0 N–H and O–H groups in total. The van der Waals surface area contributed by atoms with Crippen molar-refractivity contribution >= 4 is 11.8 Å². The van der Waals surface area contributed by atoms with E-state index in [-0.39, 0.29) is 17.4 Å². The van der Waals surface area contributed by atoms with Crippen LogP contribution in [0.1, 0.15) is 42.7 Å². The smallest absolute Gasteiger partial charge is 0.289 e. The topological polar surface area (TPSA) is 53.8 Å². The predicted molar refractivity (Wildman–Crippen MR) is 82.3 cm³/mol. The van der Waals surface area contributed by atoms with Crippen molar-refractivity contribution in [2.75, 3.05) is 19.6 Å². The second-order valence-corrected chi connectivity index (χ2v) is 6.18. The van der Waals surface area contributed by atoms with E-state index in [9.17, 15) is 9.59 Å². The van der Waals surface area contributed by atoms with Crippen molar-refractivity contribution in [2.45, 2.75) is 37.6 Å². The van der Waals surface area contributed by atoms with Crippen LogP contribution >= 0.6 is 0 Å². The van der Waals surface area contributed by atoms with Crippen LogP contribution in [0.2, 0.25) is 0 Å². The highest BCUT2D eigenvalue weighted by Crippen LogP contribution is 2.37. The molecule has 2 aliphatic heterocycles. The van der Waals surface area contributed by atoms with Gasteiger partial charge in [0.05, 0.1) is 11.8 Å². The SMILES string of the molecule is C=CCN1C(=O)CCCC12CCCN(C(=O)c1ccco1)C2. The van der Waals surface area contributed by atoms with Gasteiger partial charge in [0.2, 0.25) is 5.91 Å². The highest BCUT2D eigenvalue weighted by atomic mass is 16.3. The fourth-order valence-corrected chi connectivity index (χ4v) is 3.79. The van der Waals surface area contributed by atoms with Gasteiger partial charge < -0.3 is 14.2 Å². The summed E-state index contributed by atoms with van der Waals surface area (Å²) in [4.78, 5) is 28.6. The molecule has 1 spiro atoms. The zero-order valence-electron chi connectivity index (χ0n) is 12.8. The summed E-state index contributed by atoms with van der Waals surface area (Å²) in [7, 11) is 0. The van der Waals surface area contributed by atoms with E-state index in [2.05, 4.69) is 6.58 Å². The van der Waals surface area contributed by atoms with E-state index in [1.807, 2.05) is 9.80 Å². The molecule has 1 atom stereocenters. The van der Waals surface area contributed by atoms with Gasteiger partial charge in [-0.2, -0.15) is 0 Å². The van der Waals surface area contributed by atoms with Crippen LogP contribution in [-0.4, -0.2) is 46.8 Å². The van der Waals surface area contributed by atoms with Crippen LogP contribution < -0.4 is 0 Å². The van der Waals surface area contributed by atoms with Gasteiger partial charge in [0.25, 0.3) is 5.91 Å².